The highest BCUT2D eigenvalue weighted by molar-refractivity contribution is 5.94. The van der Waals surface area contributed by atoms with E-state index in [-0.39, 0.29) is 5.97 Å². The smallest absolute Gasteiger partial charge is 0.341 e. The SMILES string of the molecule is CCC(C)c1ccc(OC(=O)C2(C)CC3CC4CC34C2)c(C(=O)OC)c1. The second kappa shape index (κ2) is 5.83. The Bertz CT molecular complexity index is 767. The van der Waals surface area contributed by atoms with Crippen molar-refractivity contribution in [2.24, 2.45) is 22.7 Å². The summed E-state index contributed by atoms with van der Waals surface area (Å²) in [6.07, 6.45) is 5.40. The summed E-state index contributed by atoms with van der Waals surface area (Å²) in [5, 5.41) is 0. The third kappa shape index (κ3) is 2.49. The van der Waals surface area contributed by atoms with Gasteiger partial charge in [-0.1, -0.05) is 19.9 Å². The lowest BCUT2D eigenvalue weighted by atomic mass is 9.76. The molecule has 4 nitrogen and oxygen atoms in total. The Hall–Kier alpha value is -1.84. The number of methoxy groups -OCH3 is 1. The summed E-state index contributed by atoms with van der Waals surface area (Å²) >= 11 is 0. The van der Waals surface area contributed by atoms with Crippen LogP contribution in [0.4, 0.5) is 0 Å². The summed E-state index contributed by atoms with van der Waals surface area (Å²) in [6.45, 7) is 6.25. The van der Waals surface area contributed by atoms with Gasteiger partial charge in [0.05, 0.1) is 12.5 Å². The first-order chi connectivity index (χ1) is 12.3. The number of carbonyl (C=O) groups excluding carboxylic acids is 2. The average molecular weight is 356 g/mol. The highest BCUT2D eigenvalue weighted by Gasteiger charge is 2.74. The lowest BCUT2D eigenvalue weighted by molar-refractivity contribution is -0.144. The lowest BCUT2D eigenvalue weighted by Gasteiger charge is -2.29. The fourth-order valence-corrected chi connectivity index (χ4v) is 5.45. The minimum atomic E-state index is -0.463. The number of hydrogen-bond donors (Lipinski definition) is 0. The summed E-state index contributed by atoms with van der Waals surface area (Å²) in [5.41, 5.74) is 1.40. The molecule has 0 N–H and O–H groups in total. The Labute approximate surface area is 155 Å². The topological polar surface area (TPSA) is 52.6 Å². The Morgan fingerprint density at radius 3 is 2.58 bits per heavy atom. The minimum absolute atomic E-state index is 0.201. The molecule has 1 aromatic carbocycles. The standard InChI is InChI=1S/C22H28O4/c1-5-13(2)14-6-7-18(17(8-14)19(23)25-4)26-20(24)21(3)10-15-9-16-11-22(15,16)12-21/h6-8,13,15-16H,5,9-12H2,1-4H3. The molecule has 26 heavy (non-hydrogen) atoms. The molecule has 0 aromatic heterocycles. The van der Waals surface area contributed by atoms with Gasteiger partial charge in [-0.15, -0.1) is 0 Å². The molecule has 3 saturated carbocycles. The van der Waals surface area contributed by atoms with Crippen LogP contribution in [0.5, 0.6) is 5.75 Å². The molecule has 0 amide bonds. The molecule has 0 bridgehead atoms. The van der Waals surface area contributed by atoms with Crippen LogP contribution >= 0.6 is 0 Å². The molecule has 5 atom stereocenters. The normalized spacial score (nSPS) is 34.9. The number of rotatable bonds is 5. The van der Waals surface area contributed by atoms with Crippen LogP contribution in [0.25, 0.3) is 0 Å². The average Bonchev–Trinajstić information content (AvgIpc) is 3.12. The van der Waals surface area contributed by atoms with Gasteiger partial charge in [0.1, 0.15) is 11.3 Å². The van der Waals surface area contributed by atoms with Gasteiger partial charge < -0.3 is 9.47 Å². The van der Waals surface area contributed by atoms with Gasteiger partial charge in [-0.05, 0) is 79.9 Å². The van der Waals surface area contributed by atoms with Crippen molar-refractivity contribution in [3.05, 3.63) is 29.3 Å². The molecule has 3 aliphatic carbocycles. The maximum atomic E-state index is 13.0. The maximum absolute atomic E-state index is 13.0. The van der Waals surface area contributed by atoms with Crippen LogP contribution in [0.3, 0.4) is 0 Å². The fourth-order valence-electron chi connectivity index (χ4n) is 5.45. The van der Waals surface area contributed by atoms with Gasteiger partial charge in [-0.2, -0.15) is 0 Å². The van der Waals surface area contributed by atoms with Gasteiger partial charge in [0.15, 0.2) is 0 Å². The van der Waals surface area contributed by atoms with E-state index in [1.54, 1.807) is 12.1 Å². The van der Waals surface area contributed by atoms with Crippen LogP contribution in [0, 0.1) is 22.7 Å². The number of benzene rings is 1. The van der Waals surface area contributed by atoms with Gasteiger partial charge in [-0.25, -0.2) is 4.79 Å². The fraction of sp³-hybridized carbons (Fsp3) is 0.636. The van der Waals surface area contributed by atoms with Crippen LogP contribution < -0.4 is 4.74 Å². The van der Waals surface area contributed by atoms with E-state index in [0.29, 0.717) is 28.6 Å². The molecule has 0 saturated heterocycles. The van der Waals surface area contributed by atoms with Crippen LogP contribution in [-0.2, 0) is 9.53 Å². The number of carbonyl (C=O) groups is 2. The van der Waals surface area contributed by atoms with Gasteiger partial charge >= 0.3 is 11.9 Å². The monoisotopic (exact) mass is 356 g/mol. The van der Waals surface area contributed by atoms with Crippen molar-refractivity contribution in [3.8, 4) is 5.75 Å². The van der Waals surface area contributed by atoms with E-state index in [9.17, 15) is 9.59 Å². The summed E-state index contributed by atoms with van der Waals surface area (Å²) in [6, 6.07) is 5.50. The van der Waals surface area contributed by atoms with Crippen LogP contribution in [0.2, 0.25) is 0 Å². The zero-order valence-electron chi connectivity index (χ0n) is 16.1. The molecule has 0 heterocycles. The molecule has 1 spiro atoms. The van der Waals surface area contributed by atoms with Gasteiger partial charge in [-0.3, -0.25) is 4.79 Å². The number of hydrogen-bond acceptors (Lipinski definition) is 4. The predicted octanol–water partition coefficient (Wildman–Crippen LogP) is 4.72. The second-order valence-electron chi connectivity index (χ2n) is 8.95. The molecule has 3 fully saturated rings. The third-order valence-corrected chi connectivity index (χ3v) is 7.36. The van der Waals surface area contributed by atoms with E-state index in [1.807, 2.05) is 13.0 Å². The summed E-state index contributed by atoms with van der Waals surface area (Å²) < 4.78 is 10.7. The molecule has 4 heteroatoms. The first-order valence-electron chi connectivity index (χ1n) is 9.77. The molecular formula is C22H28O4. The molecule has 140 valence electrons. The van der Waals surface area contributed by atoms with E-state index in [4.69, 9.17) is 9.47 Å². The minimum Gasteiger partial charge on any atom is -0.465 e. The highest BCUT2D eigenvalue weighted by Crippen LogP contribution is 2.80. The molecule has 0 aliphatic heterocycles. The largest absolute Gasteiger partial charge is 0.465 e. The van der Waals surface area contributed by atoms with Gasteiger partial charge in [0, 0.05) is 0 Å². The molecular weight excluding hydrogens is 328 g/mol. The molecule has 0 radical (unpaired) electrons. The van der Waals surface area contributed by atoms with Crippen LogP contribution in [0.1, 0.15) is 74.7 Å². The Kier molecular flexibility index (Phi) is 3.94. The van der Waals surface area contributed by atoms with E-state index in [2.05, 4.69) is 13.8 Å². The summed E-state index contributed by atoms with van der Waals surface area (Å²) in [7, 11) is 1.35. The maximum Gasteiger partial charge on any atom is 0.341 e. The van der Waals surface area contributed by atoms with E-state index in [1.165, 1.54) is 20.0 Å². The zero-order chi connectivity index (χ0) is 18.7. The van der Waals surface area contributed by atoms with Crippen LogP contribution in [-0.4, -0.2) is 19.0 Å². The molecule has 4 rings (SSSR count). The van der Waals surface area contributed by atoms with Crippen LogP contribution in [0.15, 0.2) is 18.2 Å². The Morgan fingerprint density at radius 1 is 1.27 bits per heavy atom. The van der Waals surface area contributed by atoms with Crippen molar-refractivity contribution in [2.45, 2.75) is 58.8 Å². The zero-order valence-corrected chi connectivity index (χ0v) is 16.1. The van der Waals surface area contributed by atoms with E-state index >= 15 is 0 Å². The first-order valence-corrected chi connectivity index (χ1v) is 9.77. The number of esters is 2. The summed E-state index contributed by atoms with van der Waals surface area (Å²) in [5.74, 6) is 1.53. The van der Waals surface area contributed by atoms with Crippen molar-refractivity contribution < 1.29 is 19.1 Å². The van der Waals surface area contributed by atoms with Crippen molar-refractivity contribution in [1.82, 2.24) is 0 Å². The van der Waals surface area contributed by atoms with E-state index < -0.39 is 11.4 Å². The van der Waals surface area contributed by atoms with E-state index in [0.717, 1.165) is 30.7 Å². The molecule has 1 aromatic rings. The van der Waals surface area contributed by atoms with Crippen molar-refractivity contribution >= 4 is 11.9 Å². The lowest BCUT2D eigenvalue weighted by Crippen LogP contribution is -2.30. The van der Waals surface area contributed by atoms with Crippen molar-refractivity contribution in [1.29, 1.82) is 0 Å². The van der Waals surface area contributed by atoms with Crippen molar-refractivity contribution in [3.63, 3.8) is 0 Å². The van der Waals surface area contributed by atoms with Gasteiger partial charge in [0.2, 0.25) is 0 Å². The second-order valence-corrected chi connectivity index (χ2v) is 8.95. The molecule has 5 unspecified atom stereocenters. The highest BCUT2D eigenvalue weighted by atomic mass is 16.5. The Morgan fingerprint density at radius 2 is 2.00 bits per heavy atom. The first kappa shape index (κ1) is 17.6. The molecule has 3 aliphatic rings. The predicted molar refractivity (Wildman–Crippen MR) is 98.1 cm³/mol. The quantitative estimate of drug-likeness (QED) is 0.566. The third-order valence-electron chi connectivity index (χ3n) is 7.36. The Balaban J connectivity index is 1.57. The van der Waals surface area contributed by atoms with Crippen molar-refractivity contribution in [2.75, 3.05) is 7.11 Å². The summed E-state index contributed by atoms with van der Waals surface area (Å²) in [4.78, 5) is 25.2. The van der Waals surface area contributed by atoms with Gasteiger partial charge in [0.25, 0.3) is 0 Å². The number of ether oxygens (including phenoxy) is 2.